The number of ether oxygens (including phenoxy) is 4. The van der Waals surface area contributed by atoms with Gasteiger partial charge in [-0.25, -0.2) is 0 Å². The second-order valence-electron chi connectivity index (χ2n) is 7.45. The van der Waals surface area contributed by atoms with Crippen molar-refractivity contribution in [1.29, 1.82) is 0 Å². The van der Waals surface area contributed by atoms with Gasteiger partial charge in [-0.1, -0.05) is 0 Å². The second-order valence-corrected chi connectivity index (χ2v) is 7.45. The molecule has 1 aliphatic carbocycles. The smallest absolute Gasteiger partial charge is 0.243 e. The van der Waals surface area contributed by atoms with Crippen molar-refractivity contribution in [3.05, 3.63) is 34.9 Å². The van der Waals surface area contributed by atoms with Crippen molar-refractivity contribution in [3.8, 4) is 23.3 Å². The molecule has 0 spiro atoms. The summed E-state index contributed by atoms with van der Waals surface area (Å²) in [4.78, 5) is 5.09. The number of methoxy groups -OCH3 is 3. The Bertz CT molecular complexity index is 962. The highest BCUT2D eigenvalue weighted by atomic mass is 16.5. The SMILES string of the molecule is CCOc1cc2c(cc1OC)C(c1cc(OC)nnc1OC)=N[C@@H]1CC[C@@H](O)C[C@H]21. The molecule has 4 rings (SSSR count). The number of fused-ring (bicyclic) bond motifs is 3. The molecule has 160 valence electrons. The van der Waals surface area contributed by atoms with Gasteiger partial charge < -0.3 is 24.1 Å². The van der Waals surface area contributed by atoms with Crippen molar-refractivity contribution in [2.45, 2.75) is 44.2 Å². The fraction of sp³-hybridized carbons (Fsp3) is 0.500. The van der Waals surface area contributed by atoms with Gasteiger partial charge in [-0.05, 0) is 43.9 Å². The van der Waals surface area contributed by atoms with Crippen LogP contribution in [0.1, 0.15) is 48.8 Å². The molecule has 0 unspecified atom stereocenters. The van der Waals surface area contributed by atoms with E-state index in [9.17, 15) is 5.11 Å². The van der Waals surface area contributed by atoms with Crippen LogP contribution in [0.3, 0.4) is 0 Å². The lowest BCUT2D eigenvalue weighted by Gasteiger charge is -2.37. The monoisotopic (exact) mass is 413 g/mol. The number of aliphatic hydroxyl groups is 1. The number of hydrogen-bond acceptors (Lipinski definition) is 8. The molecule has 0 radical (unpaired) electrons. The Morgan fingerprint density at radius 2 is 1.80 bits per heavy atom. The first-order chi connectivity index (χ1) is 14.6. The van der Waals surface area contributed by atoms with Gasteiger partial charge in [0.15, 0.2) is 11.5 Å². The summed E-state index contributed by atoms with van der Waals surface area (Å²) in [5, 5.41) is 18.5. The quantitative estimate of drug-likeness (QED) is 0.778. The van der Waals surface area contributed by atoms with Gasteiger partial charge in [0.05, 0.1) is 51.4 Å². The summed E-state index contributed by atoms with van der Waals surface area (Å²) in [6.07, 6.45) is 1.88. The second kappa shape index (κ2) is 8.47. The van der Waals surface area contributed by atoms with Crippen molar-refractivity contribution < 1.29 is 24.1 Å². The molecule has 1 aromatic carbocycles. The van der Waals surface area contributed by atoms with E-state index in [0.29, 0.717) is 41.9 Å². The number of benzene rings is 1. The Balaban J connectivity index is 1.93. The zero-order valence-corrected chi connectivity index (χ0v) is 17.7. The normalized spacial score (nSPS) is 22.4. The maximum Gasteiger partial charge on any atom is 0.243 e. The highest BCUT2D eigenvalue weighted by Gasteiger charge is 2.38. The molecular formula is C22H27N3O5. The Kier molecular flexibility index (Phi) is 5.76. The molecule has 2 aliphatic rings. The highest BCUT2D eigenvalue weighted by molar-refractivity contribution is 6.16. The lowest BCUT2D eigenvalue weighted by Crippen LogP contribution is -2.34. The Morgan fingerprint density at radius 3 is 2.50 bits per heavy atom. The number of rotatable bonds is 6. The molecule has 8 heteroatoms. The maximum absolute atomic E-state index is 10.3. The van der Waals surface area contributed by atoms with E-state index in [0.717, 1.165) is 29.7 Å². The van der Waals surface area contributed by atoms with Crippen LogP contribution in [0.25, 0.3) is 0 Å². The molecular weight excluding hydrogens is 386 g/mol. The summed E-state index contributed by atoms with van der Waals surface area (Å²) >= 11 is 0. The standard InChI is InChI=1S/C22H27N3O5/c1-5-30-19-9-13-14-8-12(26)6-7-17(14)23-21(15(13)10-18(19)27-2)16-11-20(28-3)24-25-22(16)29-4/h9-12,14,17,26H,5-8H2,1-4H3/t12-,14-,17-/m1/s1. The Morgan fingerprint density at radius 1 is 0.967 bits per heavy atom. The predicted octanol–water partition coefficient (Wildman–Crippen LogP) is 2.75. The number of nitrogens with zero attached hydrogens (tertiary/aromatic N) is 3. The minimum Gasteiger partial charge on any atom is -0.493 e. The van der Waals surface area contributed by atoms with Crippen LogP contribution in [0, 0.1) is 0 Å². The third-order valence-electron chi connectivity index (χ3n) is 5.77. The first kappa shape index (κ1) is 20.4. The van der Waals surface area contributed by atoms with Crippen LogP contribution in [-0.2, 0) is 0 Å². The van der Waals surface area contributed by atoms with Gasteiger partial charge in [0, 0.05) is 17.5 Å². The summed E-state index contributed by atoms with van der Waals surface area (Å²) < 4.78 is 22.2. The van der Waals surface area contributed by atoms with Gasteiger partial charge in [-0.2, -0.15) is 0 Å². The molecule has 2 heterocycles. The van der Waals surface area contributed by atoms with Gasteiger partial charge in [0.1, 0.15) is 0 Å². The van der Waals surface area contributed by atoms with E-state index >= 15 is 0 Å². The van der Waals surface area contributed by atoms with Crippen molar-refractivity contribution >= 4 is 5.71 Å². The van der Waals surface area contributed by atoms with E-state index in [1.807, 2.05) is 19.1 Å². The zero-order valence-electron chi connectivity index (χ0n) is 17.7. The van der Waals surface area contributed by atoms with E-state index in [1.54, 1.807) is 27.4 Å². The van der Waals surface area contributed by atoms with Gasteiger partial charge >= 0.3 is 0 Å². The molecule has 1 saturated carbocycles. The summed E-state index contributed by atoms with van der Waals surface area (Å²) in [6.45, 7) is 2.48. The van der Waals surface area contributed by atoms with Crippen LogP contribution in [0.15, 0.2) is 23.2 Å². The number of hydrogen-bond donors (Lipinski definition) is 1. The van der Waals surface area contributed by atoms with Gasteiger partial charge in [-0.3, -0.25) is 4.99 Å². The van der Waals surface area contributed by atoms with E-state index in [-0.39, 0.29) is 18.1 Å². The summed E-state index contributed by atoms with van der Waals surface area (Å²) in [5.41, 5.74) is 3.47. The van der Waals surface area contributed by atoms with Crippen molar-refractivity contribution in [2.75, 3.05) is 27.9 Å². The first-order valence-electron chi connectivity index (χ1n) is 10.2. The van der Waals surface area contributed by atoms with E-state index < -0.39 is 0 Å². The predicted molar refractivity (Wildman–Crippen MR) is 111 cm³/mol. The number of aliphatic hydroxyl groups excluding tert-OH is 1. The molecule has 1 N–H and O–H groups in total. The average Bonchev–Trinajstić information content (AvgIpc) is 2.78. The van der Waals surface area contributed by atoms with Crippen LogP contribution >= 0.6 is 0 Å². The lowest BCUT2D eigenvalue weighted by atomic mass is 9.74. The maximum atomic E-state index is 10.3. The van der Waals surface area contributed by atoms with E-state index in [2.05, 4.69) is 10.2 Å². The highest BCUT2D eigenvalue weighted by Crippen LogP contribution is 2.45. The third-order valence-corrected chi connectivity index (χ3v) is 5.77. The van der Waals surface area contributed by atoms with Crippen LogP contribution in [0.4, 0.5) is 0 Å². The minimum atomic E-state index is -0.328. The summed E-state index contributed by atoms with van der Waals surface area (Å²) in [5.74, 6) is 2.19. The van der Waals surface area contributed by atoms with Crippen molar-refractivity contribution in [2.24, 2.45) is 4.99 Å². The largest absolute Gasteiger partial charge is 0.493 e. The fourth-order valence-electron chi connectivity index (χ4n) is 4.37. The number of aliphatic imine (C=N–C) groups is 1. The minimum absolute atomic E-state index is 0.0580. The molecule has 1 aromatic heterocycles. The molecule has 1 aliphatic heterocycles. The molecule has 1 fully saturated rings. The molecule has 0 bridgehead atoms. The molecule has 8 nitrogen and oxygen atoms in total. The van der Waals surface area contributed by atoms with E-state index in [1.165, 1.54) is 0 Å². The average molecular weight is 413 g/mol. The van der Waals surface area contributed by atoms with Crippen molar-refractivity contribution in [3.63, 3.8) is 0 Å². The van der Waals surface area contributed by atoms with Gasteiger partial charge in [-0.15, -0.1) is 10.2 Å². The molecule has 0 saturated heterocycles. The lowest BCUT2D eigenvalue weighted by molar-refractivity contribution is 0.111. The molecule has 2 aromatic rings. The Labute approximate surface area is 175 Å². The number of aromatic nitrogens is 2. The van der Waals surface area contributed by atoms with E-state index in [4.69, 9.17) is 23.9 Å². The first-order valence-corrected chi connectivity index (χ1v) is 10.2. The van der Waals surface area contributed by atoms with Gasteiger partial charge in [0.2, 0.25) is 11.8 Å². The van der Waals surface area contributed by atoms with Crippen molar-refractivity contribution in [1.82, 2.24) is 10.2 Å². The zero-order chi connectivity index (χ0) is 21.3. The fourth-order valence-corrected chi connectivity index (χ4v) is 4.37. The van der Waals surface area contributed by atoms with Crippen LogP contribution < -0.4 is 18.9 Å². The summed E-state index contributed by atoms with van der Waals surface area (Å²) in [6, 6.07) is 5.82. The van der Waals surface area contributed by atoms with Crippen LogP contribution in [-0.4, -0.2) is 61.1 Å². The summed E-state index contributed by atoms with van der Waals surface area (Å²) in [7, 11) is 4.73. The Hall–Kier alpha value is -2.87. The van der Waals surface area contributed by atoms with Gasteiger partial charge in [0.25, 0.3) is 0 Å². The third kappa shape index (κ3) is 3.56. The molecule has 3 atom stereocenters. The van der Waals surface area contributed by atoms with Crippen LogP contribution in [0.2, 0.25) is 0 Å². The topological polar surface area (TPSA) is 95.3 Å². The molecule has 0 amide bonds. The molecule has 30 heavy (non-hydrogen) atoms. The van der Waals surface area contributed by atoms with Crippen LogP contribution in [0.5, 0.6) is 23.3 Å².